The lowest BCUT2D eigenvalue weighted by Crippen LogP contribution is -2.15. The van der Waals surface area contributed by atoms with Gasteiger partial charge in [-0.25, -0.2) is 0 Å². The Labute approximate surface area is 92.8 Å². The van der Waals surface area contributed by atoms with Crippen LogP contribution in [0.4, 0.5) is 0 Å². The van der Waals surface area contributed by atoms with Gasteiger partial charge < -0.3 is 10.1 Å². The van der Waals surface area contributed by atoms with E-state index in [9.17, 15) is 0 Å². The molecular weight excluding hydrogens is 242 g/mol. The van der Waals surface area contributed by atoms with Crippen LogP contribution >= 0.6 is 15.9 Å². The van der Waals surface area contributed by atoms with Crippen LogP contribution in [-0.2, 0) is 6.54 Å². The first kappa shape index (κ1) is 9.99. The summed E-state index contributed by atoms with van der Waals surface area (Å²) in [4.78, 5) is 0. The van der Waals surface area contributed by atoms with Gasteiger partial charge in [0.05, 0.1) is 7.11 Å². The zero-order chi connectivity index (χ0) is 9.97. The number of rotatable bonds is 4. The molecule has 0 radical (unpaired) electrons. The third-order valence-corrected chi connectivity index (χ3v) is 3.19. The lowest BCUT2D eigenvalue weighted by atomic mass is 10.2. The van der Waals surface area contributed by atoms with Crippen LogP contribution in [-0.4, -0.2) is 13.2 Å². The summed E-state index contributed by atoms with van der Waals surface area (Å²) in [5.41, 5.74) is 1.26. The fraction of sp³-hybridized carbons (Fsp3) is 0.455. The molecule has 2 nitrogen and oxygen atoms in total. The van der Waals surface area contributed by atoms with Gasteiger partial charge in [-0.05, 0) is 36.6 Å². The molecule has 0 aliphatic heterocycles. The third kappa shape index (κ3) is 2.49. The van der Waals surface area contributed by atoms with Crippen LogP contribution in [0.1, 0.15) is 18.4 Å². The zero-order valence-electron chi connectivity index (χ0n) is 8.22. The fourth-order valence-corrected chi connectivity index (χ4v) is 1.74. The molecular formula is C11H14BrNO. The summed E-state index contributed by atoms with van der Waals surface area (Å²) in [6, 6.07) is 6.81. The highest BCUT2D eigenvalue weighted by Gasteiger charge is 2.20. The number of methoxy groups -OCH3 is 1. The Bertz CT molecular complexity index is 323. The van der Waals surface area contributed by atoms with Gasteiger partial charge >= 0.3 is 0 Å². The molecule has 0 bridgehead atoms. The van der Waals surface area contributed by atoms with Crippen molar-refractivity contribution >= 4 is 15.9 Å². The van der Waals surface area contributed by atoms with Crippen molar-refractivity contribution in [1.82, 2.24) is 5.32 Å². The average Bonchev–Trinajstić information content (AvgIpc) is 3.00. The Morgan fingerprint density at radius 2 is 2.29 bits per heavy atom. The summed E-state index contributed by atoms with van der Waals surface area (Å²) >= 11 is 3.53. The lowest BCUT2D eigenvalue weighted by molar-refractivity contribution is 0.414. The van der Waals surface area contributed by atoms with E-state index >= 15 is 0 Å². The minimum atomic E-state index is 0.744. The number of hydrogen-bond donors (Lipinski definition) is 1. The second-order valence-corrected chi connectivity index (χ2v) is 4.47. The largest absolute Gasteiger partial charge is 0.497 e. The van der Waals surface area contributed by atoms with Gasteiger partial charge in [-0.1, -0.05) is 15.9 Å². The van der Waals surface area contributed by atoms with Crippen molar-refractivity contribution < 1.29 is 4.74 Å². The molecule has 0 atom stereocenters. The van der Waals surface area contributed by atoms with Crippen molar-refractivity contribution in [3.05, 3.63) is 28.2 Å². The van der Waals surface area contributed by atoms with Crippen LogP contribution in [0.25, 0.3) is 0 Å². The molecule has 0 saturated heterocycles. The van der Waals surface area contributed by atoms with Crippen LogP contribution in [0.15, 0.2) is 22.7 Å². The number of halogens is 1. The van der Waals surface area contributed by atoms with Crippen molar-refractivity contribution in [1.29, 1.82) is 0 Å². The molecule has 14 heavy (non-hydrogen) atoms. The van der Waals surface area contributed by atoms with E-state index in [1.54, 1.807) is 7.11 Å². The Hall–Kier alpha value is -0.540. The predicted octanol–water partition coefficient (Wildman–Crippen LogP) is 2.71. The topological polar surface area (TPSA) is 21.3 Å². The molecule has 0 heterocycles. The van der Waals surface area contributed by atoms with Crippen LogP contribution < -0.4 is 10.1 Å². The molecule has 1 fully saturated rings. The maximum absolute atomic E-state index is 5.18. The monoisotopic (exact) mass is 255 g/mol. The molecule has 1 aliphatic carbocycles. The number of benzene rings is 1. The molecule has 0 unspecified atom stereocenters. The molecule has 3 heteroatoms. The molecule has 0 aromatic heterocycles. The Morgan fingerprint density at radius 3 is 2.93 bits per heavy atom. The van der Waals surface area contributed by atoms with Crippen molar-refractivity contribution in [2.24, 2.45) is 0 Å². The normalized spacial score (nSPS) is 15.6. The summed E-state index contributed by atoms with van der Waals surface area (Å²) in [5, 5.41) is 3.48. The standard InChI is InChI=1S/C11H14BrNO/c1-14-10-4-5-11(12)8(6-10)7-13-9-2-3-9/h4-6,9,13H,2-3,7H2,1H3. The first-order valence-corrected chi connectivity index (χ1v) is 5.64. The molecule has 0 amide bonds. The van der Waals surface area contributed by atoms with E-state index in [1.165, 1.54) is 18.4 Å². The van der Waals surface area contributed by atoms with E-state index in [2.05, 4.69) is 27.3 Å². The van der Waals surface area contributed by atoms with Crippen LogP contribution in [0.5, 0.6) is 5.75 Å². The SMILES string of the molecule is COc1ccc(Br)c(CNC2CC2)c1. The van der Waals surface area contributed by atoms with E-state index < -0.39 is 0 Å². The lowest BCUT2D eigenvalue weighted by Gasteiger charge is -2.07. The molecule has 0 spiro atoms. The number of nitrogens with one attached hydrogen (secondary N) is 1. The van der Waals surface area contributed by atoms with Gasteiger partial charge in [-0.15, -0.1) is 0 Å². The first-order chi connectivity index (χ1) is 6.79. The van der Waals surface area contributed by atoms with Gasteiger partial charge in [0.15, 0.2) is 0 Å². The Morgan fingerprint density at radius 1 is 1.50 bits per heavy atom. The average molecular weight is 256 g/mol. The second-order valence-electron chi connectivity index (χ2n) is 3.61. The summed E-state index contributed by atoms with van der Waals surface area (Å²) in [6.45, 7) is 0.919. The highest BCUT2D eigenvalue weighted by molar-refractivity contribution is 9.10. The minimum Gasteiger partial charge on any atom is -0.497 e. The van der Waals surface area contributed by atoms with Gasteiger partial charge in [-0.2, -0.15) is 0 Å². The van der Waals surface area contributed by atoms with Gasteiger partial charge in [0.1, 0.15) is 5.75 Å². The first-order valence-electron chi connectivity index (χ1n) is 4.85. The van der Waals surface area contributed by atoms with Gasteiger partial charge in [0.2, 0.25) is 0 Å². The van der Waals surface area contributed by atoms with Crippen molar-refractivity contribution in [3.8, 4) is 5.75 Å². The quantitative estimate of drug-likeness (QED) is 0.894. The van der Waals surface area contributed by atoms with E-state index in [1.807, 2.05) is 12.1 Å². The summed E-state index contributed by atoms with van der Waals surface area (Å²) in [5.74, 6) is 0.917. The van der Waals surface area contributed by atoms with E-state index in [-0.39, 0.29) is 0 Å². The van der Waals surface area contributed by atoms with Crippen molar-refractivity contribution in [2.45, 2.75) is 25.4 Å². The predicted molar refractivity (Wildman–Crippen MR) is 60.6 cm³/mol. The smallest absolute Gasteiger partial charge is 0.119 e. The van der Waals surface area contributed by atoms with E-state index in [0.29, 0.717) is 0 Å². The van der Waals surface area contributed by atoms with Gasteiger partial charge in [0, 0.05) is 17.1 Å². The number of ether oxygens (including phenoxy) is 1. The third-order valence-electron chi connectivity index (χ3n) is 2.41. The minimum absolute atomic E-state index is 0.744. The molecule has 1 aliphatic rings. The second kappa shape index (κ2) is 4.32. The summed E-state index contributed by atoms with van der Waals surface area (Å²) in [6.07, 6.45) is 2.64. The van der Waals surface area contributed by atoms with E-state index in [4.69, 9.17) is 4.74 Å². The molecule has 1 aromatic carbocycles. The summed E-state index contributed by atoms with van der Waals surface area (Å²) < 4.78 is 6.33. The highest BCUT2D eigenvalue weighted by Crippen LogP contribution is 2.24. The molecule has 1 N–H and O–H groups in total. The van der Waals surface area contributed by atoms with Crippen LogP contribution in [0, 0.1) is 0 Å². The number of hydrogen-bond acceptors (Lipinski definition) is 2. The zero-order valence-corrected chi connectivity index (χ0v) is 9.80. The maximum Gasteiger partial charge on any atom is 0.119 e. The van der Waals surface area contributed by atoms with Crippen molar-refractivity contribution in [2.75, 3.05) is 7.11 Å². The fourth-order valence-electron chi connectivity index (χ4n) is 1.36. The molecule has 76 valence electrons. The van der Waals surface area contributed by atoms with E-state index in [0.717, 1.165) is 22.8 Å². The van der Waals surface area contributed by atoms with Crippen LogP contribution in [0.2, 0.25) is 0 Å². The Kier molecular flexibility index (Phi) is 3.08. The Balaban J connectivity index is 2.04. The van der Waals surface area contributed by atoms with Gasteiger partial charge in [0.25, 0.3) is 0 Å². The van der Waals surface area contributed by atoms with Gasteiger partial charge in [-0.3, -0.25) is 0 Å². The molecule has 1 aromatic rings. The van der Waals surface area contributed by atoms with Crippen LogP contribution in [0.3, 0.4) is 0 Å². The summed E-state index contributed by atoms with van der Waals surface area (Å²) in [7, 11) is 1.70. The molecule has 2 rings (SSSR count). The molecule has 1 saturated carbocycles. The highest BCUT2D eigenvalue weighted by atomic mass is 79.9. The maximum atomic E-state index is 5.18. The van der Waals surface area contributed by atoms with Crippen molar-refractivity contribution in [3.63, 3.8) is 0 Å².